The quantitative estimate of drug-likeness (QED) is 0.534. The number of hydrogen-bond donors (Lipinski definition) is 1. The first-order valence-electron chi connectivity index (χ1n) is 9.12. The van der Waals surface area contributed by atoms with Gasteiger partial charge in [-0.15, -0.1) is 0 Å². The maximum atomic E-state index is 11.9. The molecule has 0 bridgehead atoms. The minimum absolute atomic E-state index is 0.281. The predicted octanol–water partition coefficient (Wildman–Crippen LogP) is 5.19. The zero-order valence-corrected chi connectivity index (χ0v) is 17.4. The van der Waals surface area contributed by atoms with Crippen LogP contribution in [-0.4, -0.2) is 15.6 Å². The number of aromatic carboxylic acids is 1. The number of carboxylic acids is 1. The van der Waals surface area contributed by atoms with Crippen molar-refractivity contribution < 1.29 is 14.6 Å². The van der Waals surface area contributed by atoms with E-state index in [4.69, 9.17) is 4.74 Å². The van der Waals surface area contributed by atoms with Crippen molar-refractivity contribution in [1.29, 1.82) is 0 Å². The molecular weight excluding hydrogens is 434 g/mol. The second kappa shape index (κ2) is 9.39. The molecule has 29 heavy (non-hydrogen) atoms. The van der Waals surface area contributed by atoms with Gasteiger partial charge in [0.05, 0.1) is 5.70 Å². The summed E-state index contributed by atoms with van der Waals surface area (Å²) in [4.78, 5) is 23.3. The fourth-order valence-electron chi connectivity index (χ4n) is 2.91. The van der Waals surface area contributed by atoms with E-state index in [0.717, 1.165) is 21.3 Å². The Morgan fingerprint density at radius 3 is 2.59 bits per heavy atom. The lowest BCUT2D eigenvalue weighted by Gasteiger charge is -2.17. The van der Waals surface area contributed by atoms with Crippen molar-refractivity contribution in [3.63, 3.8) is 0 Å². The molecule has 0 spiro atoms. The summed E-state index contributed by atoms with van der Waals surface area (Å²) in [5.41, 5.74) is 1.76. The molecule has 1 N–H and O–H groups in total. The third-order valence-corrected chi connectivity index (χ3v) is 4.77. The lowest BCUT2D eigenvalue weighted by Crippen LogP contribution is -2.16. The Labute approximate surface area is 177 Å². The van der Waals surface area contributed by atoms with Gasteiger partial charge in [-0.2, -0.15) is 0 Å². The van der Waals surface area contributed by atoms with Gasteiger partial charge in [0.15, 0.2) is 5.43 Å². The molecular formula is C23H20BrNO4. The molecule has 0 aliphatic carbocycles. The van der Waals surface area contributed by atoms with Gasteiger partial charge in [-0.1, -0.05) is 59.3 Å². The van der Waals surface area contributed by atoms with E-state index in [2.05, 4.69) is 15.9 Å². The van der Waals surface area contributed by atoms with E-state index >= 15 is 0 Å². The second-order valence-electron chi connectivity index (χ2n) is 6.35. The molecule has 0 radical (unpaired) electrons. The Bertz CT molecular complexity index is 1100. The van der Waals surface area contributed by atoms with Crippen LogP contribution in [0.4, 0.5) is 0 Å². The number of ether oxygens (including phenoxy) is 1. The summed E-state index contributed by atoms with van der Waals surface area (Å²) in [7, 11) is 0. The summed E-state index contributed by atoms with van der Waals surface area (Å²) in [6.45, 7) is 2.39. The molecule has 3 aromatic rings. The Kier molecular flexibility index (Phi) is 6.67. The Hall–Kier alpha value is -3.12. The van der Waals surface area contributed by atoms with Crippen molar-refractivity contribution in [3.8, 4) is 5.75 Å². The van der Waals surface area contributed by atoms with Crippen LogP contribution in [0.25, 0.3) is 5.70 Å². The molecule has 5 nitrogen and oxygen atoms in total. The average molecular weight is 454 g/mol. The van der Waals surface area contributed by atoms with Crippen molar-refractivity contribution in [2.75, 3.05) is 0 Å². The Morgan fingerprint density at radius 2 is 1.90 bits per heavy atom. The maximum absolute atomic E-state index is 11.9. The van der Waals surface area contributed by atoms with Gasteiger partial charge in [-0.3, -0.25) is 4.79 Å². The molecule has 0 fully saturated rings. The van der Waals surface area contributed by atoms with Gasteiger partial charge >= 0.3 is 5.97 Å². The highest BCUT2D eigenvalue weighted by molar-refractivity contribution is 9.10. The number of nitrogens with zero attached hydrogens (tertiary/aromatic N) is 1. The van der Waals surface area contributed by atoms with E-state index in [9.17, 15) is 14.7 Å². The molecule has 148 valence electrons. The fraction of sp³-hybridized carbons (Fsp3) is 0.130. The van der Waals surface area contributed by atoms with E-state index in [0.29, 0.717) is 18.8 Å². The lowest BCUT2D eigenvalue weighted by molar-refractivity contribution is 0.0695. The van der Waals surface area contributed by atoms with Crippen LogP contribution < -0.4 is 10.2 Å². The van der Waals surface area contributed by atoms with Crippen LogP contribution in [-0.2, 0) is 6.61 Å². The first-order valence-corrected chi connectivity index (χ1v) is 9.91. The topological polar surface area (TPSA) is 68.5 Å². The van der Waals surface area contributed by atoms with Gasteiger partial charge in [0.25, 0.3) is 0 Å². The summed E-state index contributed by atoms with van der Waals surface area (Å²) >= 11 is 3.50. The predicted molar refractivity (Wildman–Crippen MR) is 116 cm³/mol. The van der Waals surface area contributed by atoms with E-state index < -0.39 is 11.4 Å². The van der Waals surface area contributed by atoms with Gasteiger partial charge in [-0.25, -0.2) is 4.79 Å². The molecule has 3 rings (SSSR count). The number of halogens is 1. The SMILES string of the molecule is CC/C=C(/c1cc(Br)ccc1OCc1ccccc1)n1ccc(=O)c(C(=O)O)c1. The van der Waals surface area contributed by atoms with Gasteiger partial charge in [0.1, 0.15) is 17.9 Å². The summed E-state index contributed by atoms with van der Waals surface area (Å²) in [5.74, 6) is -0.595. The molecule has 6 heteroatoms. The Morgan fingerprint density at radius 1 is 1.14 bits per heavy atom. The van der Waals surface area contributed by atoms with Crippen LogP contribution in [0.2, 0.25) is 0 Å². The van der Waals surface area contributed by atoms with Gasteiger partial charge in [0, 0.05) is 28.5 Å². The molecule has 0 aliphatic heterocycles. The molecule has 0 amide bonds. The number of benzene rings is 2. The second-order valence-corrected chi connectivity index (χ2v) is 7.26. The number of pyridine rings is 1. The van der Waals surface area contributed by atoms with Crippen molar-refractivity contribution in [3.05, 3.63) is 104 Å². The van der Waals surface area contributed by atoms with Gasteiger partial charge in [-0.05, 0) is 30.2 Å². The third-order valence-electron chi connectivity index (χ3n) is 4.28. The molecule has 1 heterocycles. The maximum Gasteiger partial charge on any atom is 0.341 e. The standard InChI is InChI=1S/C23H20BrNO4/c1-2-6-20(25-12-11-21(26)19(14-25)23(27)28)18-13-17(24)9-10-22(18)29-15-16-7-4-3-5-8-16/h3-14H,2,15H2,1H3,(H,27,28)/b20-6-. The van der Waals surface area contributed by atoms with Crippen molar-refractivity contribution in [2.45, 2.75) is 20.0 Å². The van der Waals surface area contributed by atoms with E-state index in [1.807, 2.05) is 61.5 Å². The smallest absolute Gasteiger partial charge is 0.341 e. The molecule has 0 aliphatic rings. The number of carboxylic acid groups (broad SMARTS) is 1. The van der Waals surface area contributed by atoms with E-state index in [1.54, 1.807) is 10.8 Å². The number of carbonyl (C=O) groups is 1. The van der Waals surface area contributed by atoms with Crippen LogP contribution in [0.3, 0.4) is 0 Å². The van der Waals surface area contributed by atoms with Crippen LogP contribution in [0.15, 0.2) is 82.3 Å². The van der Waals surface area contributed by atoms with Crippen molar-refractivity contribution >= 4 is 27.6 Å². The highest BCUT2D eigenvalue weighted by Crippen LogP contribution is 2.31. The van der Waals surface area contributed by atoms with Crippen molar-refractivity contribution in [2.24, 2.45) is 0 Å². The van der Waals surface area contributed by atoms with Crippen molar-refractivity contribution in [1.82, 2.24) is 4.57 Å². The largest absolute Gasteiger partial charge is 0.488 e. The van der Waals surface area contributed by atoms with Crippen LogP contribution >= 0.6 is 15.9 Å². The summed E-state index contributed by atoms with van der Waals surface area (Å²) in [5, 5.41) is 9.32. The fourth-order valence-corrected chi connectivity index (χ4v) is 3.27. The first-order chi connectivity index (χ1) is 14.0. The molecule has 0 unspecified atom stereocenters. The van der Waals surface area contributed by atoms with Gasteiger partial charge < -0.3 is 14.4 Å². The normalized spacial score (nSPS) is 11.3. The highest BCUT2D eigenvalue weighted by Gasteiger charge is 2.15. The third kappa shape index (κ3) is 5.03. The van der Waals surface area contributed by atoms with E-state index in [1.165, 1.54) is 12.3 Å². The van der Waals surface area contributed by atoms with E-state index in [-0.39, 0.29) is 5.56 Å². The highest BCUT2D eigenvalue weighted by atomic mass is 79.9. The zero-order valence-electron chi connectivity index (χ0n) is 15.8. The molecule has 2 aromatic carbocycles. The van der Waals surface area contributed by atoms with Crippen LogP contribution in [0, 0.1) is 0 Å². The monoisotopic (exact) mass is 453 g/mol. The lowest BCUT2D eigenvalue weighted by atomic mass is 10.1. The zero-order chi connectivity index (χ0) is 20.8. The molecule has 0 atom stereocenters. The number of allylic oxidation sites excluding steroid dienone is 1. The minimum atomic E-state index is -1.25. The van der Waals surface area contributed by atoms with Gasteiger partial charge in [0.2, 0.25) is 0 Å². The average Bonchev–Trinajstić information content (AvgIpc) is 2.72. The number of aromatic nitrogens is 1. The first kappa shape index (κ1) is 20.6. The number of rotatable bonds is 7. The summed E-state index contributed by atoms with van der Waals surface area (Å²) < 4.78 is 8.58. The van der Waals surface area contributed by atoms with Crippen LogP contribution in [0.5, 0.6) is 5.75 Å². The summed E-state index contributed by atoms with van der Waals surface area (Å²) in [6.07, 6.45) is 5.59. The van der Waals surface area contributed by atoms with Crippen LogP contribution in [0.1, 0.15) is 34.8 Å². The number of hydrogen-bond acceptors (Lipinski definition) is 3. The summed E-state index contributed by atoms with van der Waals surface area (Å²) in [6, 6.07) is 16.8. The molecule has 0 saturated carbocycles. The molecule has 0 saturated heterocycles. The minimum Gasteiger partial charge on any atom is -0.488 e. The Balaban J connectivity index is 2.05. The molecule has 1 aromatic heterocycles.